The van der Waals surface area contributed by atoms with Gasteiger partial charge in [-0.1, -0.05) is 0 Å². The van der Waals surface area contributed by atoms with Crippen LogP contribution in [0.1, 0.15) is 0 Å². The second-order valence-electron chi connectivity index (χ2n) is 2.24. The molecule has 0 spiro atoms. The molecule has 3 unspecified atom stereocenters. The summed E-state index contributed by atoms with van der Waals surface area (Å²) < 4.78 is 10.1. The fourth-order valence-corrected chi connectivity index (χ4v) is 1.10. The lowest BCUT2D eigenvalue weighted by atomic mass is 10.1. The largest absolute Gasteiger partial charge is 0.388 e. The molecule has 0 aromatic rings. The van der Waals surface area contributed by atoms with E-state index in [9.17, 15) is 0 Å². The van der Waals surface area contributed by atoms with Crippen LogP contribution < -0.4 is 0 Å². The van der Waals surface area contributed by atoms with Gasteiger partial charge >= 0.3 is 0 Å². The minimum absolute atomic E-state index is 0.00463. The van der Waals surface area contributed by atoms with E-state index < -0.39 is 0 Å². The Kier molecular flexibility index (Phi) is 0.848. The molecule has 0 saturated carbocycles. The molecule has 0 aromatic heterocycles. The van der Waals surface area contributed by atoms with Crippen molar-refractivity contribution in [3.63, 3.8) is 0 Å². The minimum Gasteiger partial charge on any atom is -0.388 e. The topological polar surface area (TPSA) is 38.7 Å². The molecule has 0 aromatic carbocycles. The van der Waals surface area contributed by atoms with E-state index in [4.69, 9.17) is 14.6 Å². The van der Waals surface area contributed by atoms with Crippen molar-refractivity contribution in [1.82, 2.24) is 0 Å². The number of ether oxygens (including phenoxy) is 2. The van der Waals surface area contributed by atoms with Crippen molar-refractivity contribution in [2.75, 3.05) is 13.2 Å². The van der Waals surface area contributed by atoms with Crippen molar-refractivity contribution >= 4 is 0 Å². The van der Waals surface area contributed by atoms with Crippen LogP contribution in [0, 0.1) is 0 Å². The molecular formula is C5H8O3. The minimum atomic E-state index is -0.367. The summed E-state index contributed by atoms with van der Waals surface area (Å²) in [7, 11) is 0. The summed E-state index contributed by atoms with van der Waals surface area (Å²) in [6.07, 6.45) is -0.172. The van der Waals surface area contributed by atoms with E-state index in [1.807, 2.05) is 0 Å². The van der Waals surface area contributed by atoms with E-state index in [1.165, 1.54) is 0 Å². The van der Waals surface area contributed by atoms with Crippen molar-refractivity contribution in [2.24, 2.45) is 0 Å². The highest BCUT2D eigenvalue weighted by molar-refractivity contribution is 4.90. The van der Waals surface area contributed by atoms with Gasteiger partial charge in [-0.3, -0.25) is 0 Å². The number of rotatable bonds is 0. The Morgan fingerprint density at radius 1 is 1.25 bits per heavy atom. The Bertz CT molecular complexity index is 97.8. The van der Waals surface area contributed by atoms with Crippen molar-refractivity contribution in [1.29, 1.82) is 0 Å². The molecular weight excluding hydrogens is 108 g/mol. The molecule has 3 atom stereocenters. The van der Waals surface area contributed by atoms with Crippen LogP contribution in [0.4, 0.5) is 0 Å². The van der Waals surface area contributed by atoms with Crippen LogP contribution >= 0.6 is 0 Å². The normalized spacial score (nSPS) is 52.9. The van der Waals surface area contributed by atoms with Crippen LogP contribution in [-0.4, -0.2) is 36.6 Å². The van der Waals surface area contributed by atoms with Gasteiger partial charge in [0.1, 0.15) is 18.3 Å². The summed E-state index contributed by atoms with van der Waals surface area (Å²) in [5.74, 6) is 0. The van der Waals surface area contributed by atoms with Crippen LogP contribution in [0.25, 0.3) is 0 Å². The van der Waals surface area contributed by atoms with E-state index in [1.54, 1.807) is 0 Å². The lowest BCUT2D eigenvalue weighted by Crippen LogP contribution is -2.46. The molecule has 2 rings (SSSR count). The zero-order valence-electron chi connectivity index (χ0n) is 4.41. The van der Waals surface area contributed by atoms with E-state index in [0.717, 1.165) is 0 Å². The highest BCUT2D eigenvalue weighted by Crippen LogP contribution is 2.25. The average molecular weight is 116 g/mol. The lowest BCUT2D eigenvalue weighted by Gasteiger charge is -2.30. The first-order chi connectivity index (χ1) is 3.88. The van der Waals surface area contributed by atoms with E-state index in [0.29, 0.717) is 13.2 Å². The Labute approximate surface area is 47.2 Å². The van der Waals surface area contributed by atoms with Crippen LogP contribution in [0.2, 0.25) is 0 Å². The fourth-order valence-electron chi connectivity index (χ4n) is 1.10. The van der Waals surface area contributed by atoms with Crippen molar-refractivity contribution in [2.45, 2.75) is 18.3 Å². The maximum atomic E-state index is 8.97. The van der Waals surface area contributed by atoms with Gasteiger partial charge < -0.3 is 14.6 Å². The lowest BCUT2D eigenvalue weighted by molar-refractivity contribution is -0.151. The first-order valence-electron chi connectivity index (χ1n) is 2.79. The molecule has 3 heteroatoms. The maximum absolute atomic E-state index is 8.97. The maximum Gasteiger partial charge on any atom is 0.114 e. The van der Waals surface area contributed by atoms with E-state index in [-0.39, 0.29) is 18.3 Å². The van der Waals surface area contributed by atoms with Crippen LogP contribution in [0.5, 0.6) is 0 Å². The summed E-state index contributed by atoms with van der Waals surface area (Å²) in [6, 6.07) is 0. The molecule has 2 fully saturated rings. The Morgan fingerprint density at radius 2 is 2.12 bits per heavy atom. The van der Waals surface area contributed by atoms with Crippen LogP contribution in [0.15, 0.2) is 0 Å². The van der Waals surface area contributed by atoms with Crippen molar-refractivity contribution in [3.05, 3.63) is 0 Å². The van der Waals surface area contributed by atoms with Gasteiger partial charge in [-0.15, -0.1) is 0 Å². The SMILES string of the molecule is OC1COC2COC12. The van der Waals surface area contributed by atoms with E-state index >= 15 is 0 Å². The molecule has 2 aliphatic rings. The van der Waals surface area contributed by atoms with Gasteiger partial charge in [0, 0.05) is 0 Å². The molecule has 2 heterocycles. The first-order valence-corrected chi connectivity index (χ1v) is 2.79. The molecule has 0 radical (unpaired) electrons. The molecule has 8 heavy (non-hydrogen) atoms. The predicted molar refractivity (Wildman–Crippen MR) is 25.5 cm³/mol. The summed E-state index contributed by atoms with van der Waals surface area (Å²) >= 11 is 0. The third-order valence-corrected chi connectivity index (χ3v) is 1.68. The number of fused-ring (bicyclic) bond motifs is 1. The van der Waals surface area contributed by atoms with Gasteiger partial charge in [0.05, 0.1) is 13.2 Å². The van der Waals surface area contributed by atoms with Crippen molar-refractivity contribution in [3.8, 4) is 0 Å². The number of aliphatic hydroxyl groups is 1. The number of aliphatic hydroxyl groups excluding tert-OH is 1. The van der Waals surface area contributed by atoms with E-state index in [2.05, 4.69) is 0 Å². The van der Waals surface area contributed by atoms with Gasteiger partial charge in [0.25, 0.3) is 0 Å². The monoisotopic (exact) mass is 116 g/mol. The fraction of sp³-hybridized carbons (Fsp3) is 1.00. The van der Waals surface area contributed by atoms with Gasteiger partial charge in [-0.2, -0.15) is 0 Å². The summed E-state index contributed by atoms with van der Waals surface area (Å²) in [5.41, 5.74) is 0. The Hall–Kier alpha value is -0.120. The molecule has 46 valence electrons. The van der Waals surface area contributed by atoms with Gasteiger partial charge in [0.15, 0.2) is 0 Å². The zero-order valence-corrected chi connectivity index (χ0v) is 4.41. The summed E-state index contributed by atoms with van der Waals surface area (Å²) in [6.45, 7) is 1.12. The van der Waals surface area contributed by atoms with Crippen molar-refractivity contribution < 1.29 is 14.6 Å². The van der Waals surface area contributed by atoms with Crippen LogP contribution in [-0.2, 0) is 9.47 Å². The third kappa shape index (κ3) is 0.438. The number of hydrogen-bond acceptors (Lipinski definition) is 3. The molecule has 0 aliphatic carbocycles. The molecule has 3 nitrogen and oxygen atoms in total. The number of hydrogen-bond donors (Lipinski definition) is 1. The predicted octanol–water partition coefficient (Wildman–Crippen LogP) is -0.855. The second kappa shape index (κ2) is 1.43. The first kappa shape index (κ1) is 4.73. The molecule has 0 bridgehead atoms. The highest BCUT2D eigenvalue weighted by atomic mass is 16.6. The third-order valence-electron chi connectivity index (χ3n) is 1.68. The summed E-state index contributed by atoms with van der Waals surface area (Å²) in [5, 5.41) is 8.97. The van der Waals surface area contributed by atoms with Crippen LogP contribution in [0.3, 0.4) is 0 Å². The Balaban J connectivity index is 2.05. The molecule has 2 aliphatic heterocycles. The van der Waals surface area contributed by atoms with Gasteiger partial charge in [-0.05, 0) is 0 Å². The van der Waals surface area contributed by atoms with Gasteiger partial charge in [-0.25, -0.2) is 0 Å². The molecule has 0 amide bonds. The second-order valence-corrected chi connectivity index (χ2v) is 2.24. The summed E-state index contributed by atoms with van der Waals surface area (Å²) in [4.78, 5) is 0. The molecule has 1 N–H and O–H groups in total. The quantitative estimate of drug-likeness (QED) is 0.448. The smallest absolute Gasteiger partial charge is 0.114 e. The Morgan fingerprint density at radius 3 is 2.38 bits per heavy atom. The molecule has 2 saturated heterocycles. The zero-order chi connectivity index (χ0) is 5.56. The van der Waals surface area contributed by atoms with Gasteiger partial charge in [0.2, 0.25) is 0 Å². The average Bonchev–Trinajstić information content (AvgIpc) is 1.80. The standard InChI is InChI=1S/C5H8O3/c6-3-1-7-4-2-8-5(3)4/h3-6H,1-2H2. The highest BCUT2D eigenvalue weighted by Gasteiger charge is 2.44.